The Bertz CT molecular complexity index is 1170. The number of amides is 1. The molecule has 160 valence electrons. The van der Waals surface area contributed by atoms with Crippen molar-refractivity contribution < 1.29 is 14.3 Å². The predicted octanol–water partition coefficient (Wildman–Crippen LogP) is 5.46. The van der Waals surface area contributed by atoms with Crippen LogP contribution in [0.5, 0.6) is 0 Å². The number of aromatic nitrogens is 2. The summed E-state index contributed by atoms with van der Waals surface area (Å²) in [5.41, 5.74) is 5.33. The number of benzene rings is 1. The van der Waals surface area contributed by atoms with Crippen LogP contribution in [0.15, 0.2) is 48.8 Å². The maximum absolute atomic E-state index is 12.3. The first-order chi connectivity index (χ1) is 14.7. The van der Waals surface area contributed by atoms with Crippen molar-refractivity contribution in [3.8, 4) is 11.1 Å². The number of carbonyl (C=O) groups excluding carboxylic acids is 2. The number of pyridine rings is 1. The zero-order valence-corrected chi connectivity index (χ0v) is 18.4. The fourth-order valence-corrected chi connectivity index (χ4v) is 3.73. The molecule has 0 aliphatic carbocycles. The monoisotopic (exact) mass is 417 g/mol. The Morgan fingerprint density at radius 1 is 1.13 bits per heavy atom. The van der Waals surface area contributed by atoms with E-state index in [1.165, 1.54) is 5.57 Å². The number of nitrogens with zero attached hydrogens (tertiary/aromatic N) is 2. The average Bonchev–Trinajstić information content (AvgIpc) is 3.16. The Morgan fingerprint density at radius 2 is 1.87 bits per heavy atom. The molecule has 3 heterocycles. The number of Topliss-reactive ketones (excluding diaryl/α,β-unsaturated/α-hetero) is 1. The molecule has 0 atom stereocenters. The van der Waals surface area contributed by atoms with E-state index in [1.54, 1.807) is 11.8 Å². The summed E-state index contributed by atoms with van der Waals surface area (Å²) in [7, 11) is 0. The van der Waals surface area contributed by atoms with Gasteiger partial charge in [-0.15, -0.1) is 0 Å². The molecule has 1 amide bonds. The third kappa shape index (κ3) is 4.53. The molecule has 0 bridgehead atoms. The van der Waals surface area contributed by atoms with Crippen LogP contribution in [0.3, 0.4) is 0 Å². The predicted molar refractivity (Wildman–Crippen MR) is 122 cm³/mol. The van der Waals surface area contributed by atoms with Crippen molar-refractivity contribution in [1.29, 1.82) is 0 Å². The molecule has 1 aliphatic rings. The molecule has 1 aromatic carbocycles. The van der Waals surface area contributed by atoms with Crippen molar-refractivity contribution in [2.45, 2.75) is 39.7 Å². The summed E-state index contributed by atoms with van der Waals surface area (Å²) in [5.74, 6) is 0.0534. The molecule has 0 spiro atoms. The van der Waals surface area contributed by atoms with Crippen molar-refractivity contribution >= 4 is 28.5 Å². The Hall–Kier alpha value is -3.41. The molecule has 3 aromatic rings. The van der Waals surface area contributed by atoms with Crippen LogP contribution in [0, 0.1) is 0 Å². The Balaban J connectivity index is 1.58. The highest BCUT2D eigenvalue weighted by molar-refractivity contribution is 5.95. The van der Waals surface area contributed by atoms with Gasteiger partial charge in [-0.2, -0.15) is 0 Å². The zero-order chi connectivity index (χ0) is 22.2. The number of carbonyl (C=O) groups is 2. The van der Waals surface area contributed by atoms with Crippen molar-refractivity contribution in [1.82, 2.24) is 14.9 Å². The number of nitrogens with one attached hydrogen (secondary N) is 1. The number of aromatic amines is 1. The van der Waals surface area contributed by atoms with Gasteiger partial charge in [0.2, 0.25) is 0 Å². The summed E-state index contributed by atoms with van der Waals surface area (Å²) in [6.07, 6.45) is 6.38. The molecule has 31 heavy (non-hydrogen) atoms. The number of rotatable bonds is 3. The SMILES string of the molecule is CC(=O)c1ccc(-c2cnc3[nH]cc(C4=CCN(C(=O)OC(C)(C)C)CC4)c3c2)cc1. The quantitative estimate of drug-likeness (QED) is 0.575. The summed E-state index contributed by atoms with van der Waals surface area (Å²) in [4.78, 5) is 33.4. The molecule has 0 fully saturated rings. The summed E-state index contributed by atoms with van der Waals surface area (Å²) in [6, 6.07) is 9.70. The van der Waals surface area contributed by atoms with E-state index < -0.39 is 5.60 Å². The lowest BCUT2D eigenvalue weighted by Gasteiger charge is -2.29. The van der Waals surface area contributed by atoms with Gasteiger partial charge in [-0.05, 0) is 51.3 Å². The molecule has 1 aliphatic heterocycles. The molecular formula is C25H27N3O3. The average molecular weight is 418 g/mol. The van der Waals surface area contributed by atoms with Crippen LogP contribution in [-0.2, 0) is 4.74 Å². The van der Waals surface area contributed by atoms with E-state index in [0.717, 1.165) is 34.1 Å². The molecule has 0 unspecified atom stereocenters. The number of H-pyrrole nitrogens is 1. The van der Waals surface area contributed by atoms with E-state index in [1.807, 2.05) is 57.4 Å². The van der Waals surface area contributed by atoms with E-state index in [9.17, 15) is 9.59 Å². The Morgan fingerprint density at radius 3 is 2.48 bits per heavy atom. The minimum atomic E-state index is -0.497. The summed E-state index contributed by atoms with van der Waals surface area (Å²) >= 11 is 0. The molecule has 6 heteroatoms. The molecule has 2 aromatic heterocycles. The van der Waals surface area contributed by atoms with E-state index in [2.05, 4.69) is 22.1 Å². The second-order valence-corrected chi connectivity index (χ2v) is 8.86. The largest absolute Gasteiger partial charge is 0.444 e. The molecule has 1 N–H and O–H groups in total. The van der Waals surface area contributed by atoms with Crippen molar-refractivity contribution in [2.75, 3.05) is 13.1 Å². The number of ether oxygens (including phenoxy) is 1. The van der Waals surface area contributed by atoms with Gasteiger partial charge in [0.15, 0.2) is 5.78 Å². The van der Waals surface area contributed by atoms with Crippen LogP contribution < -0.4 is 0 Å². The fourth-order valence-electron chi connectivity index (χ4n) is 3.73. The van der Waals surface area contributed by atoms with Crippen LogP contribution in [0.1, 0.15) is 50.0 Å². The summed E-state index contributed by atoms with van der Waals surface area (Å²) in [6.45, 7) is 8.33. The molecule has 0 radical (unpaired) electrons. The van der Waals surface area contributed by atoms with Gasteiger partial charge in [0, 0.05) is 47.6 Å². The standard InChI is InChI=1S/C25H27N3O3/c1-16(29)17-5-7-18(8-6-17)20-13-21-22(15-27-23(21)26-14-20)19-9-11-28(12-10-19)24(30)31-25(2,3)4/h5-9,13-15H,10-12H2,1-4H3,(H,26,27). The van der Waals surface area contributed by atoms with Gasteiger partial charge in [0.1, 0.15) is 11.2 Å². The van der Waals surface area contributed by atoms with Gasteiger partial charge in [0.25, 0.3) is 0 Å². The topological polar surface area (TPSA) is 75.3 Å². The Labute approximate surface area is 181 Å². The van der Waals surface area contributed by atoms with Crippen molar-refractivity contribution in [3.63, 3.8) is 0 Å². The Kier molecular flexibility index (Phi) is 5.39. The maximum Gasteiger partial charge on any atom is 0.410 e. The van der Waals surface area contributed by atoms with Gasteiger partial charge in [-0.1, -0.05) is 30.3 Å². The van der Waals surface area contributed by atoms with Crippen LogP contribution in [0.25, 0.3) is 27.7 Å². The van der Waals surface area contributed by atoms with E-state index in [-0.39, 0.29) is 11.9 Å². The summed E-state index contributed by atoms with van der Waals surface area (Å²) < 4.78 is 5.48. The first kappa shape index (κ1) is 20.8. The van der Waals surface area contributed by atoms with Crippen molar-refractivity contribution in [2.24, 2.45) is 0 Å². The third-order valence-corrected chi connectivity index (χ3v) is 5.36. The normalized spacial score (nSPS) is 14.5. The molecule has 6 nitrogen and oxygen atoms in total. The van der Waals surface area contributed by atoms with E-state index in [0.29, 0.717) is 18.7 Å². The van der Waals surface area contributed by atoms with E-state index in [4.69, 9.17) is 4.74 Å². The van der Waals surface area contributed by atoms with E-state index >= 15 is 0 Å². The van der Waals surface area contributed by atoms with Gasteiger partial charge in [-0.25, -0.2) is 9.78 Å². The van der Waals surface area contributed by atoms with Gasteiger partial charge in [-0.3, -0.25) is 4.79 Å². The van der Waals surface area contributed by atoms with Crippen LogP contribution in [-0.4, -0.2) is 45.4 Å². The minimum Gasteiger partial charge on any atom is -0.444 e. The van der Waals surface area contributed by atoms with Crippen molar-refractivity contribution in [3.05, 3.63) is 59.9 Å². The smallest absolute Gasteiger partial charge is 0.410 e. The third-order valence-electron chi connectivity index (χ3n) is 5.36. The fraction of sp³-hybridized carbons (Fsp3) is 0.320. The number of ketones is 1. The lowest BCUT2D eigenvalue weighted by atomic mass is 9.98. The highest BCUT2D eigenvalue weighted by Gasteiger charge is 2.24. The van der Waals surface area contributed by atoms with Gasteiger partial charge < -0.3 is 14.6 Å². The lowest BCUT2D eigenvalue weighted by molar-refractivity contribution is 0.0270. The van der Waals surface area contributed by atoms with Gasteiger partial charge >= 0.3 is 6.09 Å². The second kappa shape index (κ2) is 8.02. The highest BCUT2D eigenvalue weighted by atomic mass is 16.6. The molecule has 4 rings (SSSR count). The van der Waals surface area contributed by atoms with Gasteiger partial charge in [0.05, 0.1) is 0 Å². The van der Waals surface area contributed by atoms with Crippen LogP contribution >= 0.6 is 0 Å². The second-order valence-electron chi connectivity index (χ2n) is 8.86. The first-order valence-electron chi connectivity index (χ1n) is 10.5. The number of hydrogen-bond donors (Lipinski definition) is 1. The lowest BCUT2D eigenvalue weighted by Crippen LogP contribution is -2.39. The maximum atomic E-state index is 12.3. The molecule has 0 saturated heterocycles. The summed E-state index contributed by atoms with van der Waals surface area (Å²) in [5, 5.41) is 1.05. The molecular weight excluding hydrogens is 390 g/mol. The highest BCUT2D eigenvalue weighted by Crippen LogP contribution is 2.31. The number of fused-ring (bicyclic) bond motifs is 1. The zero-order valence-electron chi connectivity index (χ0n) is 18.4. The number of hydrogen-bond acceptors (Lipinski definition) is 4. The minimum absolute atomic E-state index is 0.0534. The first-order valence-corrected chi connectivity index (χ1v) is 10.5. The van der Waals surface area contributed by atoms with Crippen LogP contribution in [0.4, 0.5) is 4.79 Å². The molecule has 0 saturated carbocycles. The van der Waals surface area contributed by atoms with Crippen LogP contribution in [0.2, 0.25) is 0 Å².